The second-order valence-electron chi connectivity index (χ2n) is 5.80. The average molecular weight is 338 g/mol. The summed E-state index contributed by atoms with van der Waals surface area (Å²) in [5.41, 5.74) is 2.19. The van der Waals surface area contributed by atoms with Crippen LogP contribution in [0.2, 0.25) is 0 Å². The van der Waals surface area contributed by atoms with E-state index in [0.717, 1.165) is 16.5 Å². The van der Waals surface area contributed by atoms with Gasteiger partial charge < -0.3 is 20.3 Å². The molecule has 0 saturated heterocycles. The summed E-state index contributed by atoms with van der Waals surface area (Å²) in [4.78, 5) is 19.0. The summed E-state index contributed by atoms with van der Waals surface area (Å²) in [7, 11) is 0. The van der Waals surface area contributed by atoms with Crippen molar-refractivity contribution in [3.63, 3.8) is 0 Å². The number of aromatic hydroxyl groups is 2. The van der Waals surface area contributed by atoms with E-state index >= 15 is 0 Å². The van der Waals surface area contributed by atoms with E-state index in [4.69, 9.17) is 0 Å². The second-order valence-corrected chi connectivity index (χ2v) is 5.80. The number of hydrogen-bond acceptors (Lipinski definition) is 4. The fourth-order valence-electron chi connectivity index (χ4n) is 2.89. The van der Waals surface area contributed by atoms with Gasteiger partial charge in [0, 0.05) is 29.2 Å². The van der Waals surface area contributed by atoms with Gasteiger partial charge in [-0.3, -0.25) is 4.99 Å². The van der Waals surface area contributed by atoms with Crippen molar-refractivity contribution in [1.82, 2.24) is 4.98 Å². The standard InChI is InChI=1S/C19H18N2O4/c1-11(18-16(22)7-4-8-17(18)23)21-15(19(24)25)9-12-10-20-14-6-3-2-5-13(12)14/h2-8,10,15,20,22-23H,9H2,1H3,(H,24,25). The molecule has 0 aliphatic heterocycles. The Bertz CT molecular complexity index is 939. The number of phenols is 2. The van der Waals surface area contributed by atoms with E-state index in [1.807, 2.05) is 24.3 Å². The van der Waals surface area contributed by atoms with Gasteiger partial charge in [-0.2, -0.15) is 0 Å². The van der Waals surface area contributed by atoms with Crippen LogP contribution in [0.25, 0.3) is 10.9 Å². The monoisotopic (exact) mass is 338 g/mol. The molecule has 1 atom stereocenters. The third-order valence-electron chi connectivity index (χ3n) is 4.11. The lowest BCUT2D eigenvalue weighted by molar-refractivity contribution is -0.138. The van der Waals surface area contributed by atoms with Crippen LogP contribution < -0.4 is 0 Å². The first-order valence-corrected chi connectivity index (χ1v) is 7.81. The number of nitrogens with one attached hydrogen (secondary N) is 1. The van der Waals surface area contributed by atoms with E-state index in [1.54, 1.807) is 13.1 Å². The lowest BCUT2D eigenvalue weighted by Gasteiger charge is -2.11. The van der Waals surface area contributed by atoms with Crippen LogP contribution in [-0.4, -0.2) is 38.0 Å². The van der Waals surface area contributed by atoms with Crippen molar-refractivity contribution in [1.29, 1.82) is 0 Å². The Morgan fingerprint density at radius 2 is 1.80 bits per heavy atom. The molecule has 128 valence electrons. The largest absolute Gasteiger partial charge is 0.507 e. The van der Waals surface area contributed by atoms with Gasteiger partial charge in [-0.15, -0.1) is 0 Å². The van der Waals surface area contributed by atoms with Crippen molar-refractivity contribution in [2.45, 2.75) is 19.4 Å². The van der Waals surface area contributed by atoms with Gasteiger partial charge in [0.15, 0.2) is 6.04 Å². The molecule has 1 heterocycles. The number of fused-ring (bicyclic) bond motifs is 1. The molecule has 4 N–H and O–H groups in total. The third-order valence-corrected chi connectivity index (χ3v) is 4.11. The van der Waals surface area contributed by atoms with Crippen molar-refractivity contribution >= 4 is 22.6 Å². The molecule has 0 bridgehead atoms. The van der Waals surface area contributed by atoms with Gasteiger partial charge >= 0.3 is 5.97 Å². The molecule has 0 spiro atoms. The van der Waals surface area contributed by atoms with Gasteiger partial charge in [-0.1, -0.05) is 24.3 Å². The molecule has 3 rings (SSSR count). The van der Waals surface area contributed by atoms with E-state index in [-0.39, 0.29) is 29.2 Å². The lowest BCUT2D eigenvalue weighted by Crippen LogP contribution is -2.22. The first kappa shape index (κ1) is 16.6. The van der Waals surface area contributed by atoms with Crippen LogP contribution in [0.4, 0.5) is 0 Å². The van der Waals surface area contributed by atoms with Crippen LogP contribution in [0.3, 0.4) is 0 Å². The molecule has 0 saturated carbocycles. The van der Waals surface area contributed by atoms with Gasteiger partial charge in [0.2, 0.25) is 0 Å². The average Bonchev–Trinajstić information content (AvgIpc) is 2.97. The zero-order chi connectivity index (χ0) is 18.0. The van der Waals surface area contributed by atoms with Gasteiger partial charge in [0.05, 0.1) is 5.56 Å². The number of aliphatic carboxylic acids is 1. The minimum atomic E-state index is -1.07. The van der Waals surface area contributed by atoms with Gasteiger partial charge in [-0.05, 0) is 30.7 Å². The van der Waals surface area contributed by atoms with Crippen LogP contribution in [-0.2, 0) is 11.2 Å². The molecule has 0 aliphatic rings. The zero-order valence-corrected chi connectivity index (χ0v) is 13.6. The quantitative estimate of drug-likeness (QED) is 0.536. The predicted octanol–water partition coefficient (Wildman–Crippen LogP) is 3.08. The van der Waals surface area contributed by atoms with Crippen LogP contribution in [0.5, 0.6) is 11.5 Å². The molecule has 0 radical (unpaired) electrons. The van der Waals surface area contributed by atoms with E-state index < -0.39 is 12.0 Å². The third kappa shape index (κ3) is 3.33. The van der Waals surface area contributed by atoms with E-state index in [1.165, 1.54) is 18.2 Å². The van der Waals surface area contributed by atoms with Gasteiger partial charge in [0.25, 0.3) is 0 Å². The fraction of sp³-hybridized carbons (Fsp3) is 0.158. The number of rotatable bonds is 5. The first-order valence-electron chi connectivity index (χ1n) is 7.81. The number of aromatic nitrogens is 1. The molecule has 25 heavy (non-hydrogen) atoms. The zero-order valence-electron chi connectivity index (χ0n) is 13.6. The maximum Gasteiger partial charge on any atom is 0.328 e. The number of para-hydroxylation sites is 1. The Hall–Kier alpha value is -3.28. The highest BCUT2D eigenvalue weighted by atomic mass is 16.4. The number of benzene rings is 2. The molecule has 3 aromatic rings. The second kappa shape index (κ2) is 6.68. The minimum Gasteiger partial charge on any atom is -0.507 e. The molecule has 2 aromatic carbocycles. The molecule has 0 amide bonds. The Morgan fingerprint density at radius 1 is 1.12 bits per heavy atom. The topological polar surface area (TPSA) is 106 Å². The Kier molecular flexibility index (Phi) is 4.43. The number of nitrogens with zero attached hydrogens (tertiary/aromatic N) is 1. The highest BCUT2D eigenvalue weighted by Gasteiger charge is 2.21. The first-order chi connectivity index (χ1) is 12.0. The highest BCUT2D eigenvalue weighted by molar-refractivity contribution is 6.04. The van der Waals surface area contributed by atoms with Gasteiger partial charge in [0.1, 0.15) is 11.5 Å². The number of carbonyl (C=O) groups is 1. The smallest absolute Gasteiger partial charge is 0.328 e. The number of aromatic amines is 1. The predicted molar refractivity (Wildman–Crippen MR) is 95.4 cm³/mol. The molecule has 6 nitrogen and oxygen atoms in total. The number of H-pyrrole nitrogens is 1. The van der Waals surface area contributed by atoms with Crippen molar-refractivity contribution in [2.75, 3.05) is 0 Å². The Balaban J connectivity index is 1.95. The number of phenolic OH excluding ortho intramolecular Hbond substituents is 2. The number of carboxylic acids is 1. The van der Waals surface area contributed by atoms with Gasteiger partial charge in [-0.25, -0.2) is 4.79 Å². The summed E-state index contributed by atoms with van der Waals surface area (Å²) in [6.07, 6.45) is 1.98. The number of carboxylic acid groups (broad SMARTS) is 1. The molecule has 1 aromatic heterocycles. The van der Waals surface area contributed by atoms with E-state index in [0.29, 0.717) is 0 Å². The maximum atomic E-state index is 11.7. The van der Waals surface area contributed by atoms with Crippen molar-refractivity contribution in [3.8, 4) is 11.5 Å². The SMILES string of the molecule is CC(=NC(Cc1c[nH]c2ccccc12)C(=O)O)c1c(O)cccc1O. The number of hydrogen-bond donors (Lipinski definition) is 4. The molecular weight excluding hydrogens is 320 g/mol. The van der Waals surface area contributed by atoms with Crippen LogP contribution in [0, 0.1) is 0 Å². The molecule has 0 aliphatic carbocycles. The summed E-state index contributed by atoms with van der Waals surface area (Å²) in [6, 6.07) is 11.0. The summed E-state index contributed by atoms with van der Waals surface area (Å²) >= 11 is 0. The summed E-state index contributed by atoms with van der Waals surface area (Å²) in [6.45, 7) is 1.57. The molecular formula is C19H18N2O4. The summed E-state index contributed by atoms with van der Waals surface area (Å²) in [5, 5.41) is 30.3. The van der Waals surface area contributed by atoms with Crippen LogP contribution >= 0.6 is 0 Å². The number of aliphatic imine (C=N–C) groups is 1. The normalized spacial score (nSPS) is 13.1. The van der Waals surface area contributed by atoms with E-state index in [9.17, 15) is 20.1 Å². The summed E-state index contributed by atoms with van der Waals surface area (Å²) in [5.74, 6) is -1.35. The van der Waals surface area contributed by atoms with Crippen molar-refractivity contribution in [3.05, 3.63) is 59.8 Å². The molecule has 6 heteroatoms. The maximum absolute atomic E-state index is 11.7. The van der Waals surface area contributed by atoms with Crippen molar-refractivity contribution in [2.24, 2.45) is 4.99 Å². The van der Waals surface area contributed by atoms with Crippen LogP contribution in [0.1, 0.15) is 18.1 Å². The summed E-state index contributed by atoms with van der Waals surface area (Å²) < 4.78 is 0. The molecule has 0 fully saturated rings. The Labute approximate surface area is 144 Å². The highest BCUT2D eigenvalue weighted by Crippen LogP contribution is 2.27. The fourth-order valence-corrected chi connectivity index (χ4v) is 2.89. The lowest BCUT2D eigenvalue weighted by atomic mass is 10.0. The Morgan fingerprint density at radius 3 is 2.48 bits per heavy atom. The van der Waals surface area contributed by atoms with Crippen LogP contribution in [0.15, 0.2) is 53.7 Å². The van der Waals surface area contributed by atoms with E-state index in [2.05, 4.69) is 9.98 Å². The minimum absolute atomic E-state index is 0.141. The molecule has 1 unspecified atom stereocenters. The van der Waals surface area contributed by atoms with Crippen molar-refractivity contribution < 1.29 is 20.1 Å².